The second kappa shape index (κ2) is 14.0. The fourth-order valence-corrected chi connectivity index (χ4v) is 5.18. The zero-order chi connectivity index (χ0) is 26.8. The molecule has 4 nitrogen and oxygen atoms in total. The van der Waals surface area contributed by atoms with Crippen molar-refractivity contribution in [1.82, 2.24) is 0 Å². The molecule has 3 aromatic rings. The second-order valence-electron chi connectivity index (χ2n) is 9.67. The summed E-state index contributed by atoms with van der Waals surface area (Å²) in [6.07, 6.45) is 2.05. The van der Waals surface area contributed by atoms with Crippen LogP contribution in [0.4, 0.5) is 28.4 Å². The van der Waals surface area contributed by atoms with Crippen molar-refractivity contribution in [3.05, 3.63) is 77.4 Å². The molecule has 0 aliphatic carbocycles. The van der Waals surface area contributed by atoms with Crippen molar-refractivity contribution in [2.75, 3.05) is 59.3 Å². The van der Waals surface area contributed by atoms with Crippen LogP contribution < -0.4 is 20.0 Å². The highest BCUT2D eigenvalue weighted by Crippen LogP contribution is 2.37. The van der Waals surface area contributed by atoms with Crippen LogP contribution in [0.25, 0.3) is 0 Å². The van der Waals surface area contributed by atoms with E-state index in [0.717, 1.165) is 63.5 Å². The third-order valence-corrected chi connectivity index (χ3v) is 7.48. The maximum absolute atomic E-state index is 3.52. The van der Waals surface area contributed by atoms with Gasteiger partial charge in [-0.1, -0.05) is 29.8 Å². The normalized spacial score (nSPS) is 10.9. The molecular formula is C33H48N4. The first-order valence-electron chi connectivity index (χ1n) is 14.3. The van der Waals surface area contributed by atoms with E-state index in [1.807, 2.05) is 0 Å². The van der Waals surface area contributed by atoms with Gasteiger partial charge in [-0.2, -0.15) is 0 Å². The van der Waals surface area contributed by atoms with Crippen LogP contribution in [-0.2, 0) is 12.8 Å². The van der Waals surface area contributed by atoms with Gasteiger partial charge in [-0.3, -0.25) is 0 Å². The van der Waals surface area contributed by atoms with Gasteiger partial charge in [0.1, 0.15) is 0 Å². The van der Waals surface area contributed by atoms with Crippen molar-refractivity contribution in [3.8, 4) is 0 Å². The fourth-order valence-electron chi connectivity index (χ4n) is 5.18. The molecule has 0 fully saturated rings. The predicted octanol–water partition coefficient (Wildman–Crippen LogP) is 8.06. The molecule has 0 bridgehead atoms. The Hall–Kier alpha value is -3.14. The van der Waals surface area contributed by atoms with Crippen LogP contribution in [0.5, 0.6) is 0 Å². The van der Waals surface area contributed by atoms with Gasteiger partial charge in [-0.25, -0.2) is 0 Å². The monoisotopic (exact) mass is 500 g/mol. The largest absolute Gasteiger partial charge is 0.372 e. The highest BCUT2D eigenvalue weighted by atomic mass is 15.2. The molecule has 0 aliphatic rings. The van der Waals surface area contributed by atoms with E-state index in [9.17, 15) is 0 Å². The van der Waals surface area contributed by atoms with Crippen molar-refractivity contribution < 1.29 is 0 Å². The number of anilines is 5. The van der Waals surface area contributed by atoms with E-state index in [1.165, 1.54) is 33.8 Å². The standard InChI is InChI=1S/C33H48N4/c1-8-35(9-2)30-24-32(36(10-3)11-4)31(33(25-30)37(12-5)13-6)23-18-27-16-21-29(22-17-27)34-28-19-14-26(7)15-20-28/h14-17,19-22,24-25,34H,8-13,18,23H2,1-7H3. The Balaban J connectivity index is 1.91. The summed E-state index contributed by atoms with van der Waals surface area (Å²) in [5, 5.41) is 3.52. The van der Waals surface area contributed by atoms with Gasteiger partial charge >= 0.3 is 0 Å². The van der Waals surface area contributed by atoms with Gasteiger partial charge in [0.25, 0.3) is 0 Å². The highest BCUT2D eigenvalue weighted by Gasteiger charge is 2.19. The molecular weight excluding hydrogens is 452 g/mol. The average molecular weight is 501 g/mol. The molecule has 0 aliphatic heterocycles. The van der Waals surface area contributed by atoms with Crippen molar-refractivity contribution in [2.24, 2.45) is 0 Å². The van der Waals surface area contributed by atoms with Crippen LogP contribution in [0.1, 0.15) is 58.2 Å². The number of hydrogen-bond acceptors (Lipinski definition) is 4. The molecule has 3 aromatic carbocycles. The average Bonchev–Trinajstić information content (AvgIpc) is 2.92. The summed E-state index contributed by atoms with van der Waals surface area (Å²) >= 11 is 0. The molecule has 0 heterocycles. The smallest absolute Gasteiger partial charge is 0.0440 e. The summed E-state index contributed by atoms with van der Waals surface area (Å²) in [4.78, 5) is 7.54. The molecule has 0 saturated heterocycles. The number of nitrogens with zero attached hydrogens (tertiary/aromatic N) is 3. The first kappa shape index (κ1) is 28.4. The molecule has 37 heavy (non-hydrogen) atoms. The third-order valence-electron chi connectivity index (χ3n) is 7.48. The molecule has 4 heteroatoms. The van der Waals surface area contributed by atoms with Gasteiger partial charge in [-0.15, -0.1) is 0 Å². The zero-order valence-corrected chi connectivity index (χ0v) is 24.3. The number of rotatable bonds is 14. The van der Waals surface area contributed by atoms with Gasteiger partial charge in [0.2, 0.25) is 0 Å². The first-order chi connectivity index (χ1) is 18.0. The topological polar surface area (TPSA) is 21.8 Å². The Morgan fingerprint density at radius 3 is 1.41 bits per heavy atom. The Morgan fingerprint density at radius 1 is 0.541 bits per heavy atom. The molecule has 0 unspecified atom stereocenters. The van der Waals surface area contributed by atoms with Crippen molar-refractivity contribution in [3.63, 3.8) is 0 Å². The lowest BCUT2D eigenvalue weighted by atomic mass is 9.98. The summed E-state index contributed by atoms with van der Waals surface area (Å²) in [6.45, 7) is 21.8. The lowest BCUT2D eigenvalue weighted by Crippen LogP contribution is -2.29. The van der Waals surface area contributed by atoms with Crippen LogP contribution in [0.2, 0.25) is 0 Å². The number of nitrogens with one attached hydrogen (secondary N) is 1. The Kier molecular flexibility index (Phi) is 10.7. The lowest BCUT2D eigenvalue weighted by molar-refractivity contribution is 0.816. The molecule has 0 aromatic heterocycles. The van der Waals surface area contributed by atoms with Crippen molar-refractivity contribution in [2.45, 2.75) is 61.3 Å². The second-order valence-corrected chi connectivity index (χ2v) is 9.67. The van der Waals surface area contributed by atoms with Gasteiger partial charge in [0.15, 0.2) is 0 Å². The van der Waals surface area contributed by atoms with Crippen LogP contribution in [0, 0.1) is 6.92 Å². The summed E-state index contributed by atoms with van der Waals surface area (Å²) in [7, 11) is 0. The summed E-state index contributed by atoms with van der Waals surface area (Å²) in [5.74, 6) is 0. The van der Waals surface area contributed by atoms with E-state index >= 15 is 0 Å². The SMILES string of the molecule is CCN(CC)c1cc(N(CC)CC)c(CCc2ccc(Nc3ccc(C)cc3)cc2)c(N(CC)CC)c1. The van der Waals surface area contributed by atoms with Crippen molar-refractivity contribution >= 4 is 28.4 Å². The molecule has 0 atom stereocenters. The number of benzene rings is 3. The Bertz CT molecular complexity index is 1040. The third kappa shape index (κ3) is 7.21. The molecule has 200 valence electrons. The molecule has 0 spiro atoms. The predicted molar refractivity (Wildman–Crippen MR) is 165 cm³/mol. The van der Waals surface area contributed by atoms with Crippen LogP contribution >= 0.6 is 0 Å². The van der Waals surface area contributed by atoms with E-state index in [2.05, 4.69) is 129 Å². The maximum Gasteiger partial charge on any atom is 0.0440 e. The number of hydrogen-bond donors (Lipinski definition) is 1. The summed E-state index contributed by atoms with van der Waals surface area (Å²) in [6, 6.07) is 22.4. The lowest BCUT2D eigenvalue weighted by Gasteiger charge is -2.33. The fraction of sp³-hybridized carbons (Fsp3) is 0.455. The minimum Gasteiger partial charge on any atom is -0.372 e. The molecule has 0 amide bonds. The Morgan fingerprint density at radius 2 is 0.973 bits per heavy atom. The quantitative estimate of drug-likeness (QED) is 0.242. The van der Waals surface area contributed by atoms with Crippen LogP contribution in [0.15, 0.2) is 60.7 Å². The molecule has 1 N–H and O–H groups in total. The highest BCUT2D eigenvalue weighted by molar-refractivity contribution is 5.76. The van der Waals surface area contributed by atoms with E-state index in [0.29, 0.717) is 0 Å². The van der Waals surface area contributed by atoms with E-state index in [1.54, 1.807) is 0 Å². The van der Waals surface area contributed by atoms with E-state index < -0.39 is 0 Å². The number of aryl methyl sites for hydroxylation is 2. The van der Waals surface area contributed by atoms with Gasteiger partial charge in [-0.05, 0) is 109 Å². The summed E-state index contributed by atoms with van der Waals surface area (Å²) < 4.78 is 0. The van der Waals surface area contributed by atoms with Crippen LogP contribution in [0.3, 0.4) is 0 Å². The molecule has 0 radical (unpaired) electrons. The summed E-state index contributed by atoms with van der Waals surface area (Å²) in [5.41, 5.74) is 10.5. The van der Waals surface area contributed by atoms with Crippen molar-refractivity contribution in [1.29, 1.82) is 0 Å². The van der Waals surface area contributed by atoms with Gasteiger partial charge < -0.3 is 20.0 Å². The van der Waals surface area contributed by atoms with E-state index in [-0.39, 0.29) is 0 Å². The first-order valence-corrected chi connectivity index (χ1v) is 14.3. The maximum atomic E-state index is 3.52. The molecule has 3 rings (SSSR count). The van der Waals surface area contributed by atoms with Gasteiger partial charge in [0.05, 0.1) is 0 Å². The van der Waals surface area contributed by atoms with Gasteiger partial charge in [0, 0.05) is 67.7 Å². The van der Waals surface area contributed by atoms with Crippen LogP contribution in [-0.4, -0.2) is 39.3 Å². The Labute approximate surface area is 226 Å². The minimum absolute atomic E-state index is 1.02. The molecule has 0 saturated carbocycles. The minimum atomic E-state index is 1.02. The van der Waals surface area contributed by atoms with E-state index in [4.69, 9.17) is 0 Å². The zero-order valence-electron chi connectivity index (χ0n) is 24.3.